The molecule has 0 amide bonds. The van der Waals surface area contributed by atoms with Gasteiger partial charge in [0.05, 0.1) is 4.90 Å². The number of fused-ring (bicyclic) bond motifs is 1. The van der Waals surface area contributed by atoms with Crippen LogP contribution in [0.1, 0.15) is 5.56 Å². The third kappa shape index (κ3) is 3.75. The van der Waals surface area contributed by atoms with Crippen molar-refractivity contribution >= 4 is 20.8 Å². The van der Waals surface area contributed by atoms with Crippen molar-refractivity contribution in [2.24, 2.45) is 0 Å². The summed E-state index contributed by atoms with van der Waals surface area (Å²) in [4.78, 5) is 0.246. The quantitative estimate of drug-likeness (QED) is 0.779. The number of sulfonamides is 1. The van der Waals surface area contributed by atoms with E-state index in [4.69, 9.17) is 0 Å². The average Bonchev–Trinajstić information content (AvgIpc) is 2.56. The van der Waals surface area contributed by atoms with E-state index in [1.807, 2.05) is 24.3 Å². The summed E-state index contributed by atoms with van der Waals surface area (Å²) in [7, 11) is -3.55. The smallest absolute Gasteiger partial charge is 0.211 e. The van der Waals surface area contributed by atoms with Gasteiger partial charge in [0, 0.05) is 6.54 Å². The van der Waals surface area contributed by atoms with Crippen LogP contribution in [0.5, 0.6) is 0 Å². The van der Waals surface area contributed by atoms with Gasteiger partial charge in [0.2, 0.25) is 10.0 Å². The van der Waals surface area contributed by atoms with Crippen LogP contribution >= 0.6 is 0 Å². The molecule has 0 aliphatic carbocycles. The maximum absolute atomic E-state index is 12.8. The van der Waals surface area contributed by atoms with Gasteiger partial charge in [-0.2, -0.15) is 0 Å². The molecule has 3 nitrogen and oxygen atoms in total. The fourth-order valence-corrected chi connectivity index (χ4v) is 3.47. The SMILES string of the molecule is O=S(=O)(NCCc1ccc(F)cc1)c1ccc2ccccc2c1. The van der Waals surface area contributed by atoms with E-state index in [-0.39, 0.29) is 17.3 Å². The van der Waals surface area contributed by atoms with Gasteiger partial charge in [-0.05, 0) is 47.0 Å². The lowest BCUT2D eigenvalue weighted by Gasteiger charge is -2.08. The van der Waals surface area contributed by atoms with Gasteiger partial charge in [-0.25, -0.2) is 17.5 Å². The molecule has 118 valence electrons. The minimum atomic E-state index is -3.55. The van der Waals surface area contributed by atoms with Gasteiger partial charge in [-0.1, -0.05) is 42.5 Å². The first kappa shape index (κ1) is 15.6. The Labute approximate surface area is 134 Å². The van der Waals surface area contributed by atoms with E-state index >= 15 is 0 Å². The largest absolute Gasteiger partial charge is 0.240 e. The van der Waals surface area contributed by atoms with Crippen LogP contribution in [0.4, 0.5) is 4.39 Å². The summed E-state index contributed by atoms with van der Waals surface area (Å²) < 4.78 is 40.1. The molecule has 0 radical (unpaired) electrons. The molecule has 0 heterocycles. The second kappa shape index (κ2) is 6.48. The van der Waals surface area contributed by atoms with E-state index < -0.39 is 10.0 Å². The summed E-state index contributed by atoms with van der Waals surface area (Å²) in [5, 5.41) is 1.88. The predicted octanol–water partition coefficient (Wildman–Crippen LogP) is 3.50. The molecule has 23 heavy (non-hydrogen) atoms. The van der Waals surface area contributed by atoms with E-state index in [0.717, 1.165) is 16.3 Å². The van der Waals surface area contributed by atoms with Crippen LogP contribution in [-0.2, 0) is 16.4 Å². The van der Waals surface area contributed by atoms with Crippen LogP contribution in [0.25, 0.3) is 10.8 Å². The Morgan fingerprint density at radius 3 is 2.30 bits per heavy atom. The van der Waals surface area contributed by atoms with Crippen molar-refractivity contribution in [1.29, 1.82) is 0 Å². The van der Waals surface area contributed by atoms with Crippen molar-refractivity contribution in [2.75, 3.05) is 6.54 Å². The Hall–Kier alpha value is -2.24. The van der Waals surface area contributed by atoms with E-state index in [0.29, 0.717) is 6.42 Å². The molecule has 3 aromatic rings. The molecule has 0 fully saturated rings. The molecule has 3 aromatic carbocycles. The first-order valence-electron chi connectivity index (χ1n) is 7.27. The molecule has 0 spiro atoms. The molecular formula is C18H16FNO2S. The molecule has 0 saturated heterocycles. The first-order valence-corrected chi connectivity index (χ1v) is 8.76. The van der Waals surface area contributed by atoms with Crippen molar-refractivity contribution in [3.8, 4) is 0 Å². The zero-order valence-corrected chi connectivity index (χ0v) is 13.2. The molecule has 0 aromatic heterocycles. The van der Waals surface area contributed by atoms with Crippen LogP contribution in [0.15, 0.2) is 71.6 Å². The maximum Gasteiger partial charge on any atom is 0.240 e. The fraction of sp³-hybridized carbons (Fsp3) is 0.111. The number of halogens is 1. The monoisotopic (exact) mass is 329 g/mol. The van der Waals surface area contributed by atoms with Crippen LogP contribution in [-0.4, -0.2) is 15.0 Å². The predicted molar refractivity (Wildman–Crippen MR) is 89.2 cm³/mol. The van der Waals surface area contributed by atoms with E-state index in [1.165, 1.54) is 12.1 Å². The highest BCUT2D eigenvalue weighted by Gasteiger charge is 2.13. The minimum absolute atomic E-state index is 0.246. The van der Waals surface area contributed by atoms with Crippen molar-refractivity contribution in [1.82, 2.24) is 4.72 Å². The molecule has 0 aliphatic heterocycles. The van der Waals surface area contributed by atoms with Crippen molar-refractivity contribution in [3.63, 3.8) is 0 Å². The molecular weight excluding hydrogens is 313 g/mol. The standard InChI is InChI=1S/C18H16FNO2S/c19-17-8-5-14(6-9-17)11-12-20-23(21,22)18-10-7-15-3-1-2-4-16(15)13-18/h1-10,13,20H,11-12H2. The van der Waals surface area contributed by atoms with Gasteiger partial charge in [-0.15, -0.1) is 0 Å². The molecule has 0 unspecified atom stereocenters. The summed E-state index contributed by atoms with van der Waals surface area (Å²) in [6, 6.07) is 18.7. The van der Waals surface area contributed by atoms with Crippen molar-refractivity contribution in [2.45, 2.75) is 11.3 Å². The van der Waals surface area contributed by atoms with Crippen LogP contribution in [0, 0.1) is 5.82 Å². The molecule has 0 bridgehead atoms. The van der Waals surface area contributed by atoms with Crippen LogP contribution < -0.4 is 4.72 Å². The highest BCUT2D eigenvalue weighted by molar-refractivity contribution is 7.89. The lowest BCUT2D eigenvalue weighted by Crippen LogP contribution is -2.26. The molecule has 0 atom stereocenters. The lowest BCUT2D eigenvalue weighted by molar-refractivity contribution is 0.581. The van der Waals surface area contributed by atoms with Gasteiger partial charge in [0.1, 0.15) is 5.82 Å². The number of hydrogen-bond acceptors (Lipinski definition) is 2. The number of rotatable bonds is 5. The summed E-state index contributed by atoms with van der Waals surface area (Å²) in [6.07, 6.45) is 0.507. The molecule has 1 N–H and O–H groups in total. The highest BCUT2D eigenvalue weighted by atomic mass is 32.2. The zero-order valence-electron chi connectivity index (χ0n) is 12.4. The third-order valence-electron chi connectivity index (χ3n) is 3.65. The summed E-state index contributed by atoms with van der Waals surface area (Å²) >= 11 is 0. The van der Waals surface area contributed by atoms with Gasteiger partial charge in [-0.3, -0.25) is 0 Å². The minimum Gasteiger partial charge on any atom is -0.211 e. The summed E-state index contributed by atoms with van der Waals surface area (Å²) in [5.41, 5.74) is 0.882. The first-order chi connectivity index (χ1) is 11.0. The Morgan fingerprint density at radius 1 is 0.870 bits per heavy atom. The van der Waals surface area contributed by atoms with Gasteiger partial charge in [0.25, 0.3) is 0 Å². The van der Waals surface area contributed by atoms with E-state index in [9.17, 15) is 12.8 Å². The Bertz CT molecular complexity index is 921. The van der Waals surface area contributed by atoms with Gasteiger partial charge >= 0.3 is 0 Å². The van der Waals surface area contributed by atoms with Crippen LogP contribution in [0.2, 0.25) is 0 Å². The van der Waals surface area contributed by atoms with E-state index in [2.05, 4.69) is 4.72 Å². The Kier molecular flexibility index (Phi) is 4.41. The topological polar surface area (TPSA) is 46.2 Å². The molecule has 3 rings (SSSR count). The van der Waals surface area contributed by atoms with Crippen molar-refractivity contribution in [3.05, 3.63) is 78.1 Å². The van der Waals surface area contributed by atoms with Crippen molar-refractivity contribution < 1.29 is 12.8 Å². The van der Waals surface area contributed by atoms with E-state index in [1.54, 1.807) is 30.3 Å². The number of hydrogen-bond donors (Lipinski definition) is 1. The van der Waals surface area contributed by atoms with Gasteiger partial charge in [0.15, 0.2) is 0 Å². The Balaban J connectivity index is 1.71. The molecule has 0 saturated carbocycles. The zero-order chi connectivity index (χ0) is 16.3. The third-order valence-corrected chi connectivity index (χ3v) is 5.11. The maximum atomic E-state index is 12.8. The molecule has 0 aliphatic rings. The van der Waals surface area contributed by atoms with Gasteiger partial charge < -0.3 is 0 Å². The fourth-order valence-electron chi connectivity index (χ4n) is 2.40. The number of nitrogens with one attached hydrogen (secondary N) is 1. The second-order valence-corrected chi connectivity index (χ2v) is 7.05. The average molecular weight is 329 g/mol. The summed E-state index contributed by atoms with van der Waals surface area (Å²) in [6.45, 7) is 0.265. The highest BCUT2D eigenvalue weighted by Crippen LogP contribution is 2.18. The van der Waals surface area contributed by atoms with Crippen LogP contribution in [0.3, 0.4) is 0 Å². The summed E-state index contributed by atoms with van der Waals surface area (Å²) in [5.74, 6) is -0.300. The second-order valence-electron chi connectivity index (χ2n) is 5.28. The number of benzene rings is 3. The normalized spacial score (nSPS) is 11.7. The molecule has 5 heteroatoms. The lowest BCUT2D eigenvalue weighted by atomic mass is 10.1. The Morgan fingerprint density at radius 2 is 1.57 bits per heavy atom.